The summed E-state index contributed by atoms with van der Waals surface area (Å²) in [5, 5.41) is 0. The Morgan fingerprint density at radius 1 is 1.06 bits per heavy atom. The molecule has 0 saturated carbocycles. The zero-order chi connectivity index (χ0) is 13.0. The van der Waals surface area contributed by atoms with E-state index in [2.05, 4.69) is 9.97 Å². The molecule has 0 aliphatic carbocycles. The second-order valence-corrected chi connectivity index (χ2v) is 4.03. The van der Waals surface area contributed by atoms with Gasteiger partial charge < -0.3 is 15.2 Å². The van der Waals surface area contributed by atoms with Crippen molar-refractivity contribution in [2.75, 3.05) is 5.73 Å². The molecule has 2 N–H and O–H groups in total. The van der Waals surface area contributed by atoms with Crippen molar-refractivity contribution in [2.45, 2.75) is 20.0 Å². The normalized spacial score (nSPS) is 10.4. The van der Waals surface area contributed by atoms with Crippen LogP contribution in [0.2, 0.25) is 0 Å². The predicted octanol–water partition coefficient (Wildman–Crippen LogP) is 2.64. The van der Waals surface area contributed by atoms with Crippen LogP contribution >= 0.6 is 0 Å². The van der Waals surface area contributed by atoms with E-state index in [1.807, 2.05) is 13.8 Å². The fraction of sp³-hybridized carbons (Fsp3) is 0.231. The number of nitrogens with zero attached hydrogens (tertiary/aromatic N) is 2. The van der Waals surface area contributed by atoms with Gasteiger partial charge in [0.15, 0.2) is 0 Å². The van der Waals surface area contributed by atoms with Crippen LogP contribution in [0.1, 0.15) is 13.8 Å². The van der Waals surface area contributed by atoms with E-state index in [-0.39, 0.29) is 6.10 Å². The number of aromatic nitrogens is 2. The molecule has 0 bridgehead atoms. The number of ether oxygens (including phenoxy) is 2. The first-order valence-electron chi connectivity index (χ1n) is 5.65. The lowest BCUT2D eigenvalue weighted by atomic mass is 10.3. The number of rotatable bonds is 4. The molecule has 0 aliphatic rings. The fourth-order valence-corrected chi connectivity index (χ4v) is 1.34. The van der Waals surface area contributed by atoms with E-state index >= 15 is 0 Å². The van der Waals surface area contributed by atoms with Crippen LogP contribution in [0.25, 0.3) is 0 Å². The Bertz CT molecular complexity index is 512. The second-order valence-electron chi connectivity index (χ2n) is 4.03. The molecule has 0 saturated heterocycles. The summed E-state index contributed by atoms with van der Waals surface area (Å²) >= 11 is 0. The average Bonchev–Trinajstić information content (AvgIpc) is 2.32. The van der Waals surface area contributed by atoms with Gasteiger partial charge in [0.25, 0.3) is 0 Å². The highest BCUT2D eigenvalue weighted by Gasteiger charge is 2.04. The zero-order valence-corrected chi connectivity index (χ0v) is 10.3. The number of hydrogen-bond acceptors (Lipinski definition) is 5. The summed E-state index contributed by atoms with van der Waals surface area (Å²) in [6, 6.07) is 7.06. The van der Waals surface area contributed by atoms with Crippen LogP contribution in [-0.2, 0) is 0 Å². The van der Waals surface area contributed by atoms with E-state index in [0.717, 1.165) is 0 Å². The highest BCUT2D eigenvalue weighted by Crippen LogP contribution is 2.21. The van der Waals surface area contributed by atoms with Crippen LogP contribution < -0.4 is 15.2 Å². The standard InChI is InChI=1S/C13H15N3O2/c1-9(2)17-12-7-15-8-13(16-12)18-11-5-3-10(14)4-6-11/h3-9H,14H2,1-2H3. The molecule has 0 unspecified atom stereocenters. The first kappa shape index (κ1) is 12.2. The molecule has 0 radical (unpaired) electrons. The molecule has 0 amide bonds. The SMILES string of the molecule is CC(C)Oc1cncc(Oc2ccc(N)cc2)n1. The largest absolute Gasteiger partial charge is 0.474 e. The Morgan fingerprint density at radius 2 is 1.72 bits per heavy atom. The predicted molar refractivity (Wildman–Crippen MR) is 68.7 cm³/mol. The van der Waals surface area contributed by atoms with Crippen LogP contribution in [0.15, 0.2) is 36.7 Å². The van der Waals surface area contributed by atoms with Gasteiger partial charge in [0.2, 0.25) is 11.8 Å². The summed E-state index contributed by atoms with van der Waals surface area (Å²) in [5.41, 5.74) is 6.28. The van der Waals surface area contributed by atoms with Crippen molar-refractivity contribution in [3.05, 3.63) is 36.7 Å². The van der Waals surface area contributed by atoms with Crippen molar-refractivity contribution in [1.29, 1.82) is 0 Å². The van der Waals surface area contributed by atoms with Gasteiger partial charge in [0.05, 0.1) is 18.5 Å². The summed E-state index contributed by atoms with van der Waals surface area (Å²) in [4.78, 5) is 8.21. The van der Waals surface area contributed by atoms with Gasteiger partial charge >= 0.3 is 0 Å². The van der Waals surface area contributed by atoms with Crippen LogP contribution in [0, 0.1) is 0 Å². The van der Waals surface area contributed by atoms with Gasteiger partial charge in [-0.3, -0.25) is 4.98 Å². The number of benzene rings is 1. The van der Waals surface area contributed by atoms with Crippen LogP contribution in [0.4, 0.5) is 5.69 Å². The molecule has 0 aliphatic heterocycles. The third-order valence-electron chi connectivity index (χ3n) is 2.05. The second kappa shape index (κ2) is 5.35. The van der Waals surface area contributed by atoms with Crippen molar-refractivity contribution >= 4 is 5.69 Å². The molecule has 18 heavy (non-hydrogen) atoms. The lowest BCUT2D eigenvalue weighted by molar-refractivity contribution is 0.229. The molecule has 1 aromatic carbocycles. The Morgan fingerprint density at radius 3 is 2.39 bits per heavy atom. The Hall–Kier alpha value is -2.30. The fourth-order valence-electron chi connectivity index (χ4n) is 1.34. The van der Waals surface area contributed by atoms with Gasteiger partial charge in [-0.25, -0.2) is 0 Å². The summed E-state index contributed by atoms with van der Waals surface area (Å²) in [6.07, 6.45) is 3.13. The molecule has 2 aromatic rings. The quantitative estimate of drug-likeness (QED) is 0.838. The van der Waals surface area contributed by atoms with Crippen molar-refractivity contribution in [3.63, 3.8) is 0 Å². The lowest BCUT2D eigenvalue weighted by Gasteiger charge is -2.09. The molecule has 5 nitrogen and oxygen atoms in total. The van der Waals surface area contributed by atoms with E-state index in [1.54, 1.807) is 30.5 Å². The van der Waals surface area contributed by atoms with Gasteiger partial charge in [-0.1, -0.05) is 0 Å². The molecule has 1 aromatic heterocycles. The first-order valence-corrected chi connectivity index (χ1v) is 5.65. The monoisotopic (exact) mass is 245 g/mol. The number of anilines is 1. The number of nitrogen functional groups attached to an aromatic ring is 1. The average molecular weight is 245 g/mol. The Balaban J connectivity index is 2.11. The maximum atomic E-state index is 5.60. The molecule has 0 atom stereocenters. The maximum absolute atomic E-state index is 5.60. The molecule has 94 valence electrons. The summed E-state index contributed by atoms with van der Waals surface area (Å²) in [6.45, 7) is 3.85. The Kier molecular flexibility index (Phi) is 3.62. The smallest absolute Gasteiger partial charge is 0.241 e. The maximum Gasteiger partial charge on any atom is 0.241 e. The van der Waals surface area contributed by atoms with Crippen LogP contribution in [0.5, 0.6) is 17.5 Å². The molecular formula is C13H15N3O2. The van der Waals surface area contributed by atoms with Gasteiger partial charge in [-0.2, -0.15) is 4.98 Å². The van der Waals surface area contributed by atoms with Crippen LogP contribution in [-0.4, -0.2) is 16.1 Å². The Labute approximate surface area is 106 Å². The highest BCUT2D eigenvalue weighted by atomic mass is 16.5. The molecule has 5 heteroatoms. The number of hydrogen-bond donors (Lipinski definition) is 1. The number of nitrogens with two attached hydrogens (primary N) is 1. The van der Waals surface area contributed by atoms with E-state index in [4.69, 9.17) is 15.2 Å². The van der Waals surface area contributed by atoms with E-state index in [1.165, 1.54) is 6.20 Å². The van der Waals surface area contributed by atoms with Crippen molar-refractivity contribution in [1.82, 2.24) is 9.97 Å². The minimum Gasteiger partial charge on any atom is -0.474 e. The summed E-state index contributed by atoms with van der Waals surface area (Å²) in [7, 11) is 0. The van der Waals surface area contributed by atoms with Crippen LogP contribution in [0.3, 0.4) is 0 Å². The third kappa shape index (κ3) is 3.35. The zero-order valence-electron chi connectivity index (χ0n) is 10.3. The third-order valence-corrected chi connectivity index (χ3v) is 2.05. The topological polar surface area (TPSA) is 70.3 Å². The molecule has 1 heterocycles. The first-order chi connectivity index (χ1) is 8.63. The minimum absolute atomic E-state index is 0.0473. The van der Waals surface area contributed by atoms with E-state index in [9.17, 15) is 0 Å². The lowest BCUT2D eigenvalue weighted by Crippen LogP contribution is -2.07. The molecule has 0 fully saturated rings. The molecule has 2 rings (SSSR count). The van der Waals surface area contributed by atoms with Gasteiger partial charge in [-0.05, 0) is 38.1 Å². The van der Waals surface area contributed by atoms with Gasteiger partial charge in [-0.15, -0.1) is 0 Å². The highest BCUT2D eigenvalue weighted by molar-refractivity contribution is 5.42. The van der Waals surface area contributed by atoms with Crippen molar-refractivity contribution < 1.29 is 9.47 Å². The van der Waals surface area contributed by atoms with E-state index in [0.29, 0.717) is 23.2 Å². The van der Waals surface area contributed by atoms with Gasteiger partial charge in [0, 0.05) is 5.69 Å². The molecular weight excluding hydrogens is 230 g/mol. The van der Waals surface area contributed by atoms with Crippen molar-refractivity contribution in [2.24, 2.45) is 0 Å². The molecule has 0 spiro atoms. The summed E-state index contributed by atoms with van der Waals surface area (Å²) < 4.78 is 11.0. The minimum atomic E-state index is 0.0473. The van der Waals surface area contributed by atoms with E-state index < -0.39 is 0 Å². The van der Waals surface area contributed by atoms with Crippen molar-refractivity contribution in [3.8, 4) is 17.5 Å². The summed E-state index contributed by atoms with van der Waals surface area (Å²) in [5.74, 6) is 1.48. The van der Waals surface area contributed by atoms with Gasteiger partial charge in [0.1, 0.15) is 5.75 Å².